The molecule has 0 amide bonds. The number of hydrogen-bond donors (Lipinski definition) is 1. The van der Waals surface area contributed by atoms with Crippen molar-refractivity contribution in [3.8, 4) is 11.3 Å². The van der Waals surface area contributed by atoms with Crippen LogP contribution in [0.4, 0.5) is 5.82 Å². The Balaban J connectivity index is 1.55. The minimum Gasteiger partial charge on any atom is -0.391 e. The summed E-state index contributed by atoms with van der Waals surface area (Å²) in [5.41, 5.74) is 3.46. The third-order valence-electron chi connectivity index (χ3n) is 4.60. The largest absolute Gasteiger partial charge is 0.391 e. The highest BCUT2D eigenvalue weighted by Crippen LogP contribution is 2.40. The van der Waals surface area contributed by atoms with Crippen molar-refractivity contribution < 1.29 is 5.11 Å². The summed E-state index contributed by atoms with van der Waals surface area (Å²) in [7, 11) is 0. The third kappa shape index (κ3) is 2.83. The van der Waals surface area contributed by atoms with Crippen molar-refractivity contribution in [1.29, 1.82) is 0 Å². The third-order valence-corrected chi connectivity index (χ3v) is 4.60. The molecule has 0 spiro atoms. The first-order valence-electron chi connectivity index (χ1n) is 8.15. The van der Waals surface area contributed by atoms with Crippen molar-refractivity contribution in [2.24, 2.45) is 0 Å². The van der Waals surface area contributed by atoms with E-state index >= 15 is 0 Å². The highest BCUT2D eigenvalue weighted by atomic mass is 16.3. The zero-order valence-electron chi connectivity index (χ0n) is 12.7. The van der Waals surface area contributed by atoms with E-state index < -0.39 is 0 Å². The Labute approximate surface area is 130 Å². The lowest BCUT2D eigenvalue weighted by molar-refractivity contribution is 0.154. The first-order valence-corrected chi connectivity index (χ1v) is 8.15. The molecular formula is C18H21N3O. The average Bonchev–Trinajstić information content (AvgIpc) is 3.40. The zero-order valence-corrected chi connectivity index (χ0v) is 12.7. The highest BCUT2D eigenvalue weighted by molar-refractivity contribution is 5.61. The van der Waals surface area contributed by atoms with Gasteiger partial charge in [-0.05, 0) is 61.4 Å². The summed E-state index contributed by atoms with van der Waals surface area (Å²) < 4.78 is 0. The van der Waals surface area contributed by atoms with Crippen molar-refractivity contribution in [3.05, 3.63) is 42.2 Å². The number of aromatic nitrogens is 2. The molecule has 1 atom stereocenters. The van der Waals surface area contributed by atoms with Gasteiger partial charge in [-0.2, -0.15) is 0 Å². The Morgan fingerprint density at radius 2 is 2.00 bits per heavy atom. The molecule has 22 heavy (non-hydrogen) atoms. The van der Waals surface area contributed by atoms with E-state index in [1.54, 1.807) is 0 Å². The van der Waals surface area contributed by atoms with Gasteiger partial charge in [0.1, 0.15) is 5.82 Å². The lowest BCUT2D eigenvalue weighted by Crippen LogP contribution is -2.38. The predicted octanol–water partition coefficient (Wildman–Crippen LogP) is 2.98. The molecule has 3 heterocycles. The lowest BCUT2D eigenvalue weighted by atomic mass is 10.1. The average molecular weight is 295 g/mol. The Kier molecular flexibility index (Phi) is 3.54. The van der Waals surface area contributed by atoms with Gasteiger partial charge in [0.25, 0.3) is 0 Å². The van der Waals surface area contributed by atoms with Gasteiger partial charge >= 0.3 is 0 Å². The molecule has 2 fully saturated rings. The number of anilines is 1. The Bertz CT molecular complexity index is 652. The van der Waals surface area contributed by atoms with Crippen LogP contribution in [0.3, 0.4) is 0 Å². The molecule has 1 saturated carbocycles. The normalized spacial score (nSPS) is 21.9. The van der Waals surface area contributed by atoms with E-state index in [-0.39, 0.29) is 6.10 Å². The molecule has 0 aromatic carbocycles. The standard InChI is InChI=1S/C18H21N3O/c22-16-2-1-9-21(12-16)18-6-5-15(11-20-18)17-10-14(7-8-19-17)13-3-4-13/h5-8,10-11,13,16,22H,1-4,9,12H2/t16-/m1/s1. The fourth-order valence-electron chi connectivity index (χ4n) is 3.16. The minimum atomic E-state index is -0.230. The Morgan fingerprint density at radius 1 is 1.09 bits per heavy atom. The van der Waals surface area contributed by atoms with E-state index in [9.17, 15) is 5.11 Å². The molecule has 0 unspecified atom stereocenters. The molecule has 0 radical (unpaired) electrons. The number of aliphatic hydroxyl groups excluding tert-OH is 1. The molecule has 4 heteroatoms. The number of piperidine rings is 1. The van der Waals surface area contributed by atoms with Crippen LogP contribution in [0.2, 0.25) is 0 Å². The second-order valence-corrected chi connectivity index (χ2v) is 6.40. The van der Waals surface area contributed by atoms with Crippen molar-refractivity contribution in [3.63, 3.8) is 0 Å². The molecule has 1 aliphatic heterocycles. The van der Waals surface area contributed by atoms with Crippen LogP contribution < -0.4 is 4.90 Å². The maximum absolute atomic E-state index is 9.78. The number of aliphatic hydroxyl groups is 1. The van der Waals surface area contributed by atoms with Crippen molar-refractivity contribution in [1.82, 2.24) is 9.97 Å². The van der Waals surface area contributed by atoms with E-state index in [1.807, 2.05) is 18.5 Å². The SMILES string of the molecule is O[C@@H]1CCCN(c2ccc(-c3cc(C4CC4)ccn3)cn2)C1. The summed E-state index contributed by atoms with van der Waals surface area (Å²) in [6.07, 6.45) is 8.10. The molecule has 2 aromatic rings. The van der Waals surface area contributed by atoms with Crippen LogP contribution in [0.1, 0.15) is 37.2 Å². The fourth-order valence-corrected chi connectivity index (χ4v) is 3.16. The molecular weight excluding hydrogens is 274 g/mol. The zero-order chi connectivity index (χ0) is 14.9. The van der Waals surface area contributed by atoms with Crippen LogP contribution >= 0.6 is 0 Å². The summed E-state index contributed by atoms with van der Waals surface area (Å²) in [4.78, 5) is 11.2. The monoisotopic (exact) mass is 295 g/mol. The van der Waals surface area contributed by atoms with Gasteiger partial charge in [0.15, 0.2) is 0 Å². The summed E-state index contributed by atoms with van der Waals surface area (Å²) in [5, 5.41) is 9.78. The first kappa shape index (κ1) is 13.7. The highest BCUT2D eigenvalue weighted by Gasteiger charge is 2.24. The van der Waals surface area contributed by atoms with Crippen molar-refractivity contribution >= 4 is 5.82 Å². The molecule has 2 aliphatic rings. The second-order valence-electron chi connectivity index (χ2n) is 6.40. The number of pyridine rings is 2. The smallest absolute Gasteiger partial charge is 0.128 e. The topological polar surface area (TPSA) is 49.2 Å². The molecule has 4 nitrogen and oxygen atoms in total. The Hall–Kier alpha value is -1.94. The maximum atomic E-state index is 9.78. The van der Waals surface area contributed by atoms with Crippen LogP contribution in [0.25, 0.3) is 11.3 Å². The summed E-state index contributed by atoms with van der Waals surface area (Å²) >= 11 is 0. The predicted molar refractivity (Wildman–Crippen MR) is 86.9 cm³/mol. The summed E-state index contributed by atoms with van der Waals surface area (Å²) in [5.74, 6) is 1.68. The van der Waals surface area contributed by atoms with Crippen LogP contribution in [0.15, 0.2) is 36.7 Å². The number of rotatable bonds is 3. The van der Waals surface area contributed by atoms with E-state index in [2.05, 4.69) is 33.1 Å². The van der Waals surface area contributed by atoms with Crippen LogP contribution in [0, 0.1) is 0 Å². The van der Waals surface area contributed by atoms with Crippen LogP contribution in [-0.4, -0.2) is 34.3 Å². The quantitative estimate of drug-likeness (QED) is 0.945. The van der Waals surface area contributed by atoms with Gasteiger partial charge in [0.05, 0.1) is 11.8 Å². The molecule has 114 valence electrons. The molecule has 1 saturated heterocycles. The van der Waals surface area contributed by atoms with Gasteiger partial charge in [-0.3, -0.25) is 4.98 Å². The van der Waals surface area contributed by atoms with E-state index in [4.69, 9.17) is 0 Å². The van der Waals surface area contributed by atoms with E-state index in [0.717, 1.165) is 42.4 Å². The number of hydrogen-bond acceptors (Lipinski definition) is 4. The summed E-state index contributed by atoms with van der Waals surface area (Å²) in [6, 6.07) is 8.44. The van der Waals surface area contributed by atoms with Gasteiger partial charge in [-0.15, -0.1) is 0 Å². The second kappa shape index (κ2) is 5.69. The van der Waals surface area contributed by atoms with Gasteiger partial charge in [0, 0.05) is 31.0 Å². The molecule has 1 N–H and O–H groups in total. The van der Waals surface area contributed by atoms with Gasteiger partial charge < -0.3 is 10.0 Å². The van der Waals surface area contributed by atoms with Gasteiger partial charge in [-0.25, -0.2) is 4.98 Å². The van der Waals surface area contributed by atoms with E-state index in [1.165, 1.54) is 18.4 Å². The number of nitrogens with zero attached hydrogens (tertiary/aromatic N) is 3. The summed E-state index contributed by atoms with van der Waals surface area (Å²) in [6.45, 7) is 1.65. The van der Waals surface area contributed by atoms with Gasteiger partial charge in [0.2, 0.25) is 0 Å². The van der Waals surface area contributed by atoms with Crippen LogP contribution in [-0.2, 0) is 0 Å². The first-order chi connectivity index (χ1) is 10.8. The Morgan fingerprint density at radius 3 is 2.73 bits per heavy atom. The van der Waals surface area contributed by atoms with Crippen molar-refractivity contribution in [2.45, 2.75) is 37.7 Å². The molecule has 1 aliphatic carbocycles. The van der Waals surface area contributed by atoms with Gasteiger partial charge in [-0.1, -0.05) is 0 Å². The molecule has 0 bridgehead atoms. The molecule has 2 aromatic heterocycles. The van der Waals surface area contributed by atoms with Crippen LogP contribution in [0.5, 0.6) is 0 Å². The van der Waals surface area contributed by atoms with E-state index in [0.29, 0.717) is 6.54 Å². The van der Waals surface area contributed by atoms with Crippen molar-refractivity contribution in [2.75, 3.05) is 18.0 Å². The number of β-amino-alcohol motifs (C(OH)–C–C–N with tert-alkyl or cyclic N) is 1. The molecule has 4 rings (SSSR count). The minimum absolute atomic E-state index is 0.230. The maximum Gasteiger partial charge on any atom is 0.128 e. The lowest BCUT2D eigenvalue weighted by Gasteiger charge is -2.31. The fraction of sp³-hybridized carbons (Fsp3) is 0.444.